The molecule has 1 amide bonds. The van der Waals surface area contributed by atoms with Crippen LogP contribution in [-0.4, -0.2) is 56.6 Å². The lowest BCUT2D eigenvalue weighted by Gasteiger charge is -2.37. The molecule has 3 unspecified atom stereocenters. The maximum absolute atomic E-state index is 12.7. The van der Waals surface area contributed by atoms with Crippen LogP contribution in [0.25, 0.3) is 0 Å². The van der Waals surface area contributed by atoms with E-state index in [1.54, 1.807) is 38.6 Å². The number of nitrogens with one attached hydrogen (secondary N) is 5. The maximum Gasteiger partial charge on any atom is 0.239 e. The molecule has 32 heavy (non-hydrogen) atoms. The van der Waals surface area contributed by atoms with Crippen molar-refractivity contribution in [1.29, 1.82) is 0 Å². The summed E-state index contributed by atoms with van der Waals surface area (Å²) in [5.41, 5.74) is 2.05. The van der Waals surface area contributed by atoms with Crippen LogP contribution >= 0.6 is 30.3 Å². The summed E-state index contributed by atoms with van der Waals surface area (Å²) in [4.78, 5) is 11.6. The van der Waals surface area contributed by atoms with Gasteiger partial charge in [-0.2, -0.15) is 0 Å². The van der Waals surface area contributed by atoms with Gasteiger partial charge in [-0.05, 0) is 43.7 Å². The highest BCUT2D eigenvalue weighted by Gasteiger charge is 2.29. The van der Waals surface area contributed by atoms with E-state index >= 15 is 0 Å². The van der Waals surface area contributed by atoms with E-state index in [1.165, 1.54) is 0 Å². The number of ether oxygens (including phenoxy) is 1. The Hall–Kier alpha value is -1.96. The highest BCUT2D eigenvalue weighted by molar-refractivity contribution is 7.70. The number of para-hydroxylation sites is 1. The highest BCUT2D eigenvalue weighted by Crippen LogP contribution is 2.37. The number of halogens is 2. The lowest BCUT2D eigenvalue weighted by atomic mass is 10.2. The first kappa shape index (κ1) is 24.7. The Morgan fingerprint density at radius 1 is 1.19 bits per heavy atom. The van der Waals surface area contributed by atoms with Crippen molar-refractivity contribution in [1.82, 2.24) is 10.6 Å². The van der Waals surface area contributed by atoms with Crippen LogP contribution in [-0.2, 0) is 9.36 Å². The van der Waals surface area contributed by atoms with E-state index in [-0.39, 0.29) is 29.6 Å². The Bertz CT molecular complexity index is 1000. The predicted octanol–water partition coefficient (Wildman–Crippen LogP) is 3.05. The number of hydrogen-bond donors (Lipinski definition) is 5. The van der Waals surface area contributed by atoms with Crippen LogP contribution in [0.2, 0.25) is 0 Å². The number of carbonyl (C=O) groups excluding carboxylic acids is 1. The lowest BCUT2D eigenvalue weighted by molar-refractivity contribution is -0.113. The molecular weight excluding hydrogens is 472 g/mol. The first-order valence-electron chi connectivity index (χ1n) is 10.1. The van der Waals surface area contributed by atoms with E-state index < -0.39 is 7.14 Å². The first-order chi connectivity index (χ1) is 15.2. The molecule has 3 rings (SSSR count). The van der Waals surface area contributed by atoms with Gasteiger partial charge in [0.05, 0.1) is 24.3 Å². The van der Waals surface area contributed by atoms with E-state index in [4.69, 9.17) is 27.9 Å². The van der Waals surface area contributed by atoms with Crippen molar-refractivity contribution in [2.24, 2.45) is 0 Å². The number of rotatable bonds is 8. The highest BCUT2D eigenvalue weighted by atomic mass is 35.5. The van der Waals surface area contributed by atoms with Crippen LogP contribution in [0, 0.1) is 0 Å². The van der Waals surface area contributed by atoms with Crippen LogP contribution in [0.15, 0.2) is 42.5 Å². The standard InChI is InChI=1S/C21H28Cl2N5O3P/c1-31-17-9-8-13(25-19(29)11-22)10-16(17)27-21-24-12-14(23)20(28-21)26-15-6-4-5-7-18(15)32(2,3)30/h4-10,14,20-21,24,26-28H,11-12H2,1-3H3,(H,25,29). The van der Waals surface area contributed by atoms with Crippen molar-refractivity contribution in [3.05, 3.63) is 42.5 Å². The zero-order valence-electron chi connectivity index (χ0n) is 18.1. The third-order valence-corrected chi connectivity index (χ3v) is 7.12. The largest absolute Gasteiger partial charge is 0.495 e. The van der Waals surface area contributed by atoms with Crippen LogP contribution in [0.1, 0.15) is 0 Å². The Morgan fingerprint density at radius 3 is 2.62 bits per heavy atom. The molecule has 3 atom stereocenters. The molecule has 0 spiro atoms. The van der Waals surface area contributed by atoms with Gasteiger partial charge < -0.3 is 25.3 Å². The molecule has 5 N–H and O–H groups in total. The Balaban J connectivity index is 1.76. The van der Waals surface area contributed by atoms with E-state index in [1.807, 2.05) is 24.3 Å². The second-order valence-electron chi connectivity index (χ2n) is 7.76. The molecule has 1 fully saturated rings. The zero-order valence-corrected chi connectivity index (χ0v) is 20.5. The average Bonchev–Trinajstić information content (AvgIpc) is 2.76. The van der Waals surface area contributed by atoms with Gasteiger partial charge in [0.15, 0.2) is 0 Å². The Kier molecular flexibility index (Phi) is 8.31. The molecule has 0 radical (unpaired) electrons. The van der Waals surface area contributed by atoms with Crippen LogP contribution in [0.3, 0.4) is 0 Å². The molecule has 0 bridgehead atoms. The predicted molar refractivity (Wildman–Crippen MR) is 133 cm³/mol. The second kappa shape index (κ2) is 10.8. The summed E-state index contributed by atoms with van der Waals surface area (Å²) in [6.07, 6.45) is -0.647. The van der Waals surface area contributed by atoms with Gasteiger partial charge in [0.1, 0.15) is 25.1 Å². The summed E-state index contributed by atoms with van der Waals surface area (Å²) < 4.78 is 18.1. The molecule has 0 aromatic heterocycles. The number of amides is 1. The maximum atomic E-state index is 12.7. The Morgan fingerprint density at radius 2 is 1.94 bits per heavy atom. The molecule has 174 valence electrons. The van der Waals surface area contributed by atoms with Gasteiger partial charge >= 0.3 is 0 Å². The second-order valence-corrected chi connectivity index (χ2v) is 11.8. The fourth-order valence-electron chi connectivity index (χ4n) is 3.40. The van der Waals surface area contributed by atoms with E-state index in [0.717, 1.165) is 11.0 Å². The minimum atomic E-state index is -2.47. The lowest BCUT2D eigenvalue weighted by Crippen LogP contribution is -2.64. The van der Waals surface area contributed by atoms with Gasteiger partial charge in [-0.1, -0.05) is 12.1 Å². The topological polar surface area (TPSA) is 104 Å². The minimum absolute atomic E-state index is 0.130. The van der Waals surface area contributed by atoms with Gasteiger partial charge in [0, 0.05) is 23.2 Å². The number of benzene rings is 2. The van der Waals surface area contributed by atoms with E-state index in [9.17, 15) is 9.36 Å². The molecule has 1 aliphatic rings. The molecule has 0 saturated carbocycles. The number of hydrogen-bond acceptors (Lipinski definition) is 7. The van der Waals surface area contributed by atoms with Gasteiger partial charge in [-0.15, -0.1) is 23.2 Å². The van der Waals surface area contributed by atoms with Gasteiger partial charge in [-0.3, -0.25) is 15.4 Å². The van der Waals surface area contributed by atoms with E-state index in [0.29, 0.717) is 23.7 Å². The summed E-state index contributed by atoms with van der Waals surface area (Å²) in [7, 11) is -0.896. The monoisotopic (exact) mass is 499 g/mol. The fraction of sp³-hybridized carbons (Fsp3) is 0.381. The van der Waals surface area contributed by atoms with Gasteiger partial charge in [0.2, 0.25) is 5.91 Å². The molecule has 1 heterocycles. The normalized spacial score (nSPS) is 21.0. The molecule has 0 aliphatic carbocycles. The van der Waals surface area contributed by atoms with Crippen molar-refractivity contribution in [3.8, 4) is 5.75 Å². The van der Waals surface area contributed by atoms with Crippen molar-refractivity contribution >= 4 is 58.6 Å². The summed E-state index contributed by atoms with van der Waals surface area (Å²) >= 11 is 12.1. The Labute approximate surface area is 198 Å². The molecule has 1 aliphatic heterocycles. The smallest absolute Gasteiger partial charge is 0.239 e. The third kappa shape index (κ3) is 6.30. The van der Waals surface area contributed by atoms with Crippen molar-refractivity contribution in [3.63, 3.8) is 0 Å². The number of carbonyl (C=O) groups is 1. The van der Waals surface area contributed by atoms with Crippen LogP contribution < -0.4 is 36.6 Å². The number of methoxy groups -OCH3 is 1. The average molecular weight is 500 g/mol. The van der Waals surface area contributed by atoms with Gasteiger partial charge in [-0.25, -0.2) is 0 Å². The summed E-state index contributed by atoms with van der Waals surface area (Å²) in [5, 5.41) is 16.6. The molecule has 11 heteroatoms. The van der Waals surface area contributed by atoms with Crippen molar-refractivity contribution < 1.29 is 14.1 Å². The molecule has 2 aromatic carbocycles. The third-order valence-electron chi connectivity index (χ3n) is 4.92. The molecular formula is C21H28Cl2N5O3P. The van der Waals surface area contributed by atoms with Gasteiger partial charge in [0.25, 0.3) is 0 Å². The summed E-state index contributed by atoms with van der Waals surface area (Å²) in [5.74, 6) is 0.182. The molecule has 2 aromatic rings. The van der Waals surface area contributed by atoms with Crippen molar-refractivity contribution in [2.75, 3.05) is 48.8 Å². The quantitative estimate of drug-likeness (QED) is 0.281. The zero-order chi connectivity index (χ0) is 23.3. The van der Waals surface area contributed by atoms with Crippen LogP contribution in [0.5, 0.6) is 5.75 Å². The molecule has 1 saturated heterocycles. The summed E-state index contributed by atoms with van der Waals surface area (Å²) in [6.45, 7) is 4.01. The molecule has 8 nitrogen and oxygen atoms in total. The SMILES string of the molecule is COc1ccc(NC(=O)CCl)cc1NC1NCC(Cl)C(Nc2ccccc2P(C)(C)=O)N1. The first-order valence-corrected chi connectivity index (χ1v) is 13.6. The minimum Gasteiger partial charge on any atom is -0.495 e. The summed E-state index contributed by atoms with van der Waals surface area (Å²) in [6, 6.07) is 12.8. The van der Waals surface area contributed by atoms with E-state index in [2.05, 4.69) is 26.6 Å². The number of anilines is 3. The number of alkyl halides is 2. The fourth-order valence-corrected chi connectivity index (χ4v) is 4.85. The van der Waals surface area contributed by atoms with Crippen LogP contribution in [0.4, 0.5) is 17.1 Å². The van der Waals surface area contributed by atoms with Crippen molar-refractivity contribution in [2.45, 2.75) is 17.8 Å².